The molecule has 1 aromatic carbocycles. The Morgan fingerprint density at radius 3 is 2.75 bits per heavy atom. The van der Waals surface area contributed by atoms with Gasteiger partial charge in [-0.15, -0.1) is 0 Å². The summed E-state index contributed by atoms with van der Waals surface area (Å²) in [4.78, 5) is 13.3. The molecular formula is C16H24N3O+. The number of benzene rings is 1. The van der Waals surface area contributed by atoms with Crippen LogP contribution in [-0.2, 0) is 4.79 Å². The van der Waals surface area contributed by atoms with E-state index < -0.39 is 0 Å². The Labute approximate surface area is 121 Å². The number of aryl methyl sites for hydroxylation is 1. The number of hydrogen-bond acceptors (Lipinski definition) is 2. The summed E-state index contributed by atoms with van der Waals surface area (Å²) in [6.07, 6.45) is 1.01. The molecule has 1 aromatic rings. The quantitative estimate of drug-likeness (QED) is 0.789. The van der Waals surface area contributed by atoms with Crippen LogP contribution in [0.2, 0.25) is 0 Å². The molecule has 1 amide bonds. The van der Waals surface area contributed by atoms with E-state index >= 15 is 0 Å². The first-order valence-corrected chi connectivity index (χ1v) is 7.15. The lowest BCUT2D eigenvalue weighted by molar-refractivity contribution is -0.894. The van der Waals surface area contributed by atoms with Crippen LogP contribution in [0.1, 0.15) is 25.8 Å². The minimum absolute atomic E-state index is 0.00731. The van der Waals surface area contributed by atoms with Crippen LogP contribution in [-0.4, -0.2) is 25.5 Å². The van der Waals surface area contributed by atoms with E-state index in [1.54, 1.807) is 0 Å². The molecule has 0 spiro atoms. The van der Waals surface area contributed by atoms with Crippen molar-refractivity contribution in [3.8, 4) is 6.07 Å². The van der Waals surface area contributed by atoms with E-state index in [9.17, 15) is 4.79 Å². The fourth-order valence-corrected chi connectivity index (χ4v) is 2.23. The van der Waals surface area contributed by atoms with Crippen LogP contribution in [0.3, 0.4) is 0 Å². The second-order valence-corrected chi connectivity index (χ2v) is 5.27. The van der Waals surface area contributed by atoms with Crippen LogP contribution in [0.15, 0.2) is 24.3 Å². The first-order chi connectivity index (χ1) is 9.56. The number of carbonyl (C=O) groups excluding carboxylic acids is 1. The highest BCUT2D eigenvalue weighted by Gasteiger charge is 2.17. The Morgan fingerprint density at radius 2 is 2.15 bits per heavy atom. The molecule has 0 saturated heterocycles. The maximum atomic E-state index is 12.1. The molecule has 108 valence electrons. The van der Waals surface area contributed by atoms with Gasteiger partial charge < -0.3 is 10.2 Å². The van der Waals surface area contributed by atoms with Crippen LogP contribution in [0, 0.1) is 24.2 Å². The number of rotatable bonds is 7. The Morgan fingerprint density at radius 1 is 1.45 bits per heavy atom. The molecule has 0 bridgehead atoms. The van der Waals surface area contributed by atoms with Gasteiger partial charge in [-0.3, -0.25) is 4.79 Å². The van der Waals surface area contributed by atoms with Crippen molar-refractivity contribution in [1.82, 2.24) is 0 Å². The average molecular weight is 274 g/mol. The van der Waals surface area contributed by atoms with Crippen molar-refractivity contribution in [2.24, 2.45) is 5.92 Å². The van der Waals surface area contributed by atoms with Gasteiger partial charge in [0.25, 0.3) is 5.91 Å². The first-order valence-electron chi connectivity index (χ1n) is 7.15. The highest BCUT2D eigenvalue weighted by Crippen LogP contribution is 2.12. The molecular weight excluding hydrogens is 250 g/mol. The molecule has 0 aromatic heterocycles. The number of hydrogen-bond donors (Lipinski definition) is 2. The predicted molar refractivity (Wildman–Crippen MR) is 80.4 cm³/mol. The molecule has 0 saturated carbocycles. The Hall–Kier alpha value is -1.86. The average Bonchev–Trinajstić information content (AvgIpc) is 2.41. The minimum Gasteiger partial charge on any atom is -0.326 e. The number of nitrogens with one attached hydrogen (secondary N) is 2. The van der Waals surface area contributed by atoms with Gasteiger partial charge in [0.05, 0.1) is 25.1 Å². The van der Waals surface area contributed by atoms with E-state index in [1.165, 1.54) is 0 Å². The lowest BCUT2D eigenvalue weighted by Gasteiger charge is -2.19. The zero-order valence-electron chi connectivity index (χ0n) is 12.6. The maximum Gasteiger partial charge on any atom is 0.279 e. The smallest absolute Gasteiger partial charge is 0.279 e. The van der Waals surface area contributed by atoms with Gasteiger partial charge in [0.1, 0.15) is 0 Å². The van der Waals surface area contributed by atoms with Gasteiger partial charge in [-0.1, -0.05) is 25.1 Å². The van der Waals surface area contributed by atoms with Crippen molar-refractivity contribution in [1.29, 1.82) is 5.26 Å². The SMILES string of the molecule is CCC[NH+](CC(=O)Nc1ccccc1C)C[C@@H](C)C#N. The van der Waals surface area contributed by atoms with Crippen molar-refractivity contribution in [2.45, 2.75) is 27.2 Å². The lowest BCUT2D eigenvalue weighted by atomic mass is 10.2. The fourth-order valence-electron chi connectivity index (χ4n) is 2.23. The van der Waals surface area contributed by atoms with E-state index in [0.29, 0.717) is 13.1 Å². The maximum absolute atomic E-state index is 12.1. The summed E-state index contributed by atoms with van der Waals surface area (Å²) >= 11 is 0. The summed E-state index contributed by atoms with van der Waals surface area (Å²) in [6, 6.07) is 9.98. The fraction of sp³-hybridized carbons (Fsp3) is 0.500. The number of anilines is 1. The summed E-state index contributed by atoms with van der Waals surface area (Å²) in [5, 5.41) is 11.8. The molecule has 0 fully saturated rings. The summed E-state index contributed by atoms with van der Waals surface area (Å²) < 4.78 is 0. The molecule has 20 heavy (non-hydrogen) atoms. The number of nitrogens with zero attached hydrogens (tertiary/aromatic N) is 1. The van der Waals surface area contributed by atoms with Gasteiger partial charge in [0.15, 0.2) is 6.54 Å². The second-order valence-electron chi connectivity index (χ2n) is 5.27. The topological polar surface area (TPSA) is 57.3 Å². The van der Waals surface area contributed by atoms with Crippen molar-refractivity contribution >= 4 is 11.6 Å². The van der Waals surface area contributed by atoms with Crippen LogP contribution in [0.4, 0.5) is 5.69 Å². The van der Waals surface area contributed by atoms with Crippen LogP contribution in [0.5, 0.6) is 0 Å². The van der Waals surface area contributed by atoms with E-state index in [0.717, 1.165) is 29.1 Å². The third-order valence-corrected chi connectivity index (χ3v) is 3.25. The van der Waals surface area contributed by atoms with E-state index in [-0.39, 0.29) is 11.8 Å². The molecule has 0 aliphatic heterocycles. The Kier molecular flexibility index (Phi) is 6.75. The first kappa shape index (κ1) is 16.2. The normalized spacial score (nSPS) is 13.3. The third-order valence-electron chi connectivity index (χ3n) is 3.25. The zero-order valence-corrected chi connectivity index (χ0v) is 12.6. The summed E-state index contributed by atoms with van der Waals surface area (Å²) in [6.45, 7) is 8.00. The molecule has 1 unspecified atom stereocenters. The molecule has 1 rings (SSSR count). The number of quaternary nitrogens is 1. The van der Waals surface area contributed by atoms with Gasteiger partial charge in [0.2, 0.25) is 0 Å². The van der Waals surface area contributed by atoms with Gasteiger partial charge in [0, 0.05) is 5.69 Å². The van der Waals surface area contributed by atoms with Crippen LogP contribution in [0.25, 0.3) is 0 Å². The monoisotopic (exact) mass is 274 g/mol. The second kappa shape index (κ2) is 8.34. The number of carbonyl (C=O) groups is 1. The number of amides is 1. The Bertz CT molecular complexity index is 479. The van der Waals surface area contributed by atoms with Gasteiger partial charge in [-0.25, -0.2) is 0 Å². The molecule has 4 nitrogen and oxygen atoms in total. The van der Waals surface area contributed by atoms with Crippen molar-refractivity contribution < 1.29 is 9.69 Å². The van der Waals surface area contributed by atoms with E-state index in [2.05, 4.69) is 18.3 Å². The zero-order chi connectivity index (χ0) is 15.0. The molecule has 2 atom stereocenters. The van der Waals surface area contributed by atoms with Crippen LogP contribution < -0.4 is 10.2 Å². The summed E-state index contributed by atoms with van der Waals surface area (Å²) in [5.41, 5.74) is 1.92. The van der Waals surface area contributed by atoms with Crippen molar-refractivity contribution in [3.05, 3.63) is 29.8 Å². The van der Waals surface area contributed by atoms with E-state index in [1.807, 2.05) is 38.1 Å². The highest BCUT2D eigenvalue weighted by atomic mass is 16.2. The van der Waals surface area contributed by atoms with Gasteiger partial charge in [-0.2, -0.15) is 5.26 Å². The largest absolute Gasteiger partial charge is 0.326 e. The molecule has 0 aliphatic carbocycles. The van der Waals surface area contributed by atoms with Crippen LogP contribution >= 0.6 is 0 Å². The minimum atomic E-state index is -0.0252. The highest BCUT2D eigenvalue weighted by molar-refractivity contribution is 5.92. The molecule has 0 aliphatic rings. The standard InChI is InChI=1S/C16H23N3O/c1-4-9-19(11-13(2)10-17)12-16(20)18-15-8-6-5-7-14(15)3/h5-8,13H,4,9,11-12H2,1-3H3,(H,18,20)/p+1/t13-/m0/s1. The number of nitriles is 1. The van der Waals surface area contributed by atoms with Crippen molar-refractivity contribution in [2.75, 3.05) is 25.0 Å². The third kappa shape index (κ3) is 5.41. The van der Waals surface area contributed by atoms with Crippen molar-refractivity contribution in [3.63, 3.8) is 0 Å². The molecule has 0 radical (unpaired) electrons. The summed E-state index contributed by atoms with van der Waals surface area (Å²) in [5.74, 6) is -0.0179. The lowest BCUT2D eigenvalue weighted by Crippen LogP contribution is -3.13. The van der Waals surface area contributed by atoms with E-state index in [4.69, 9.17) is 5.26 Å². The Balaban J connectivity index is 2.58. The number of para-hydroxylation sites is 1. The van der Waals surface area contributed by atoms with Gasteiger partial charge in [-0.05, 0) is 31.9 Å². The molecule has 2 N–H and O–H groups in total. The predicted octanol–water partition coefficient (Wildman–Crippen LogP) is 1.39. The van der Waals surface area contributed by atoms with Gasteiger partial charge >= 0.3 is 0 Å². The summed E-state index contributed by atoms with van der Waals surface area (Å²) in [7, 11) is 0. The molecule has 4 heteroatoms. The molecule has 0 heterocycles.